The lowest BCUT2D eigenvalue weighted by Crippen LogP contribution is -2.10. The molecule has 0 heterocycles. The number of nitro groups is 1. The molecule has 0 saturated heterocycles. The number of halogens is 3. The number of carbonyl (C=O) groups is 1. The lowest BCUT2D eigenvalue weighted by atomic mass is 10.1. The Hall–Kier alpha value is -3.16. The molecule has 0 radical (unpaired) electrons. The fourth-order valence-electron chi connectivity index (χ4n) is 1.75. The molecule has 2 rings (SSSR count). The molecule has 2 aromatic carbocycles. The summed E-state index contributed by atoms with van der Waals surface area (Å²) in [4.78, 5) is 21.9. The fraction of sp³-hybridized carbons (Fsp3) is 0. The van der Waals surface area contributed by atoms with Crippen LogP contribution in [0.5, 0.6) is 0 Å². The molecule has 1 N–H and O–H groups in total. The number of hydrogen-bond acceptors (Lipinski definition) is 3. The molecule has 5 nitrogen and oxygen atoms in total. The number of benzene rings is 2. The van der Waals surface area contributed by atoms with E-state index in [-0.39, 0.29) is 11.3 Å². The predicted molar refractivity (Wildman–Crippen MR) is 77.1 cm³/mol. The number of nitro benzene ring substituents is 1. The first-order valence-electron chi connectivity index (χ1n) is 6.25. The highest BCUT2D eigenvalue weighted by atomic mass is 19.2. The lowest BCUT2D eigenvalue weighted by Gasteiger charge is -2.04. The largest absolute Gasteiger partial charge is 0.320 e. The van der Waals surface area contributed by atoms with Crippen LogP contribution in [-0.2, 0) is 4.79 Å². The van der Waals surface area contributed by atoms with Crippen LogP contribution in [0.4, 0.5) is 24.5 Å². The number of amides is 1. The van der Waals surface area contributed by atoms with Gasteiger partial charge in [0, 0.05) is 24.3 Å². The van der Waals surface area contributed by atoms with Gasteiger partial charge in [-0.25, -0.2) is 13.2 Å². The van der Waals surface area contributed by atoms with E-state index in [0.29, 0.717) is 12.1 Å². The van der Waals surface area contributed by atoms with Crippen LogP contribution < -0.4 is 5.32 Å². The molecule has 0 aromatic heterocycles. The Balaban J connectivity index is 2.17. The molecule has 0 fully saturated rings. The highest BCUT2D eigenvalue weighted by Gasteiger charge is 2.12. The number of hydrogen-bond donors (Lipinski definition) is 1. The van der Waals surface area contributed by atoms with Crippen LogP contribution in [-0.4, -0.2) is 10.8 Å². The maximum absolute atomic E-state index is 13.4. The standard InChI is InChI=1S/C15H9F3N2O3/c16-10-7-12(18)13(8-11(10)17)19-15(21)6-5-9-3-1-2-4-14(9)20(22)23/h1-8H,(H,19,21). The average molecular weight is 322 g/mol. The van der Waals surface area contributed by atoms with Crippen LogP contribution in [0, 0.1) is 27.6 Å². The summed E-state index contributed by atoms with van der Waals surface area (Å²) in [6.45, 7) is 0. The molecular weight excluding hydrogens is 313 g/mol. The summed E-state index contributed by atoms with van der Waals surface area (Å²) in [5.74, 6) is -4.69. The smallest absolute Gasteiger partial charge is 0.276 e. The van der Waals surface area contributed by atoms with Crippen molar-refractivity contribution in [3.63, 3.8) is 0 Å². The summed E-state index contributed by atoms with van der Waals surface area (Å²) in [5, 5.41) is 12.8. The molecule has 118 valence electrons. The van der Waals surface area contributed by atoms with Crippen molar-refractivity contribution in [2.45, 2.75) is 0 Å². The minimum absolute atomic E-state index is 0.165. The van der Waals surface area contributed by atoms with Gasteiger partial charge in [0.1, 0.15) is 5.82 Å². The summed E-state index contributed by atoms with van der Waals surface area (Å²) in [6, 6.07) is 6.48. The van der Waals surface area contributed by atoms with E-state index in [1.165, 1.54) is 18.2 Å². The Bertz CT molecular complexity index is 807. The summed E-state index contributed by atoms with van der Waals surface area (Å²) in [7, 11) is 0. The third kappa shape index (κ3) is 3.94. The number of nitrogens with one attached hydrogen (secondary N) is 1. The number of para-hydroxylation sites is 1. The van der Waals surface area contributed by atoms with Gasteiger partial charge in [0.05, 0.1) is 16.2 Å². The van der Waals surface area contributed by atoms with Gasteiger partial charge in [-0.1, -0.05) is 12.1 Å². The number of rotatable bonds is 4. The summed E-state index contributed by atoms with van der Waals surface area (Å²) in [5.41, 5.74) is -0.588. The Morgan fingerprint density at radius 1 is 1.09 bits per heavy atom. The van der Waals surface area contributed by atoms with Gasteiger partial charge in [-0.3, -0.25) is 14.9 Å². The Morgan fingerprint density at radius 3 is 2.43 bits per heavy atom. The second-order valence-electron chi connectivity index (χ2n) is 4.38. The van der Waals surface area contributed by atoms with E-state index in [2.05, 4.69) is 0 Å². The monoisotopic (exact) mass is 322 g/mol. The second-order valence-corrected chi connectivity index (χ2v) is 4.38. The van der Waals surface area contributed by atoms with E-state index in [9.17, 15) is 28.1 Å². The number of anilines is 1. The summed E-state index contributed by atoms with van der Waals surface area (Å²) < 4.78 is 39.2. The minimum atomic E-state index is -1.38. The molecule has 23 heavy (non-hydrogen) atoms. The van der Waals surface area contributed by atoms with Gasteiger partial charge in [0.25, 0.3) is 5.69 Å². The molecule has 0 aliphatic rings. The van der Waals surface area contributed by atoms with E-state index in [4.69, 9.17) is 0 Å². The molecular formula is C15H9F3N2O3. The Morgan fingerprint density at radius 2 is 1.74 bits per heavy atom. The quantitative estimate of drug-likeness (QED) is 0.404. The van der Waals surface area contributed by atoms with Crippen LogP contribution >= 0.6 is 0 Å². The van der Waals surface area contributed by atoms with Crippen LogP contribution in [0.1, 0.15) is 5.56 Å². The van der Waals surface area contributed by atoms with Crippen molar-refractivity contribution in [3.8, 4) is 0 Å². The third-order valence-corrected chi connectivity index (χ3v) is 2.82. The highest BCUT2D eigenvalue weighted by Crippen LogP contribution is 2.20. The first-order chi connectivity index (χ1) is 10.9. The van der Waals surface area contributed by atoms with Crippen molar-refractivity contribution in [1.82, 2.24) is 0 Å². The minimum Gasteiger partial charge on any atom is -0.320 e. The van der Waals surface area contributed by atoms with Gasteiger partial charge in [0.15, 0.2) is 11.6 Å². The van der Waals surface area contributed by atoms with Crippen molar-refractivity contribution in [2.24, 2.45) is 0 Å². The van der Waals surface area contributed by atoms with Crippen LogP contribution in [0.2, 0.25) is 0 Å². The van der Waals surface area contributed by atoms with Gasteiger partial charge in [0.2, 0.25) is 5.91 Å². The average Bonchev–Trinajstić information content (AvgIpc) is 2.50. The molecule has 0 bridgehead atoms. The van der Waals surface area contributed by atoms with E-state index < -0.39 is 34.0 Å². The molecule has 0 spiro atoms. The SMILES string of the molecule is O=C(C=Cc1ccccc1[N+](=O)[O-])Nc1cc(F)c(F)cc1F. The van der Waals surface area contributed by atoms with E-state index in [0.717, 1.165) is 12.2 Å². The van der Waals surface area contributed by atoms with Crippen molar-refractivity contribution in [1.29, 1.82) is 0 Å². The number of carbonyl (C=O) groups excluding carboxylic acids is 1. The van der Waals surface area contributed by atoms with Crippen molar-refractivity contribution in [2.75, 3.05) is 5.32 Å². The maximum Gasteiger partial charge on any atom is 0.276 e. The Labute approximate surface area is 128 Å². The van der Waals surface area contributed by atoms with Crippen LogP contribution in [0.15, 0.2) is 42.5 Å². The molecule has 0 aliphatic carbocycles. The summed E-state index contributed by atoms with van der Waals surface area (Å²) >= 11 is 0. The molecule has 0 saturated carbocycles. The molecule has 0 aliphatic heterocycles. The molecule has 0 atom stereocenters. The molecule has 0 unspecified atom stereocenters. The van der Waals surface area contributed by atoms with Crippen molar-refractivity contribution < 1.29 is 22.9 Å². The van der Waals surface area contributed by atoms with Gasteiger partial charge in [-0.05, 0) is 12.1 Å². The zero-order valence-electron chi connectivity index (χ0n) is 11.4. The maximum atomic E-state index is 13.4. The van der Waals surface area contributed by atoms with Gasteiger partial charge >= 0.3 is 0 Å². The van der Waals surface area contributed by atoms with Crippen LogP contribution in [0.3, 0.4) is 0 Å². The highest BCUT2D eigenvalue weighted by molar-refractivity contribution is 6.02. The van der Waals surface area contributed by atoms with Crippen LogP contribution in [0.25, 0.3) is 6.08 Å². The first-order valence-corrected chi connectivity index (χ1v) is 6.25. The van der Waals surface area contributed by atoms with Crippen molar-refractivity contribution in [3.05, 3.63) is 75.6 Å². The van der Waals surface area contributed by atoms with Crippen molar-refractivity contribution >= 4 is 23.4 Å². The fourth-order valence-corrected chi connectivity index (χ4v) is 1.75. The number of nitrogens with zero attached hydrogens (tertiary/aromatic N) is 1. The molecule has 2 aromatic rings. The van der Waals surface area contributed by atoms with E-state index in [1.807, 2.05) is 5.32 Å². The predicted octanol–water partition coefficient (Wildman–Crippen LogP) is 3.66. The second kappa shape index (κ2) is 6.73. The lowest BCUT2D eigenvalue weighted by molar-refractivity contribution is -0.385. The zero-order valence-corrected chi connectivity index (χ0v) is 11.4. The Kier molecular flexibility index (Phi) is 4.75. The molecule has 8 heteroatoms. The van der Waals surface area contributed by atoms with Gasteiger partial charge in [-0.2, -0.15) is 0 Å². The zero-order chi connectivity index (χ0) is 17.0. The summed E-state index contributed by atoms with van der Waals surface area (Å²) in [6.07, 6.45) is 2.08. The van der Waals surface area contributed by atoms with E-state index in [1.54, 1.807) is 6.07 Å². The molecule has 1 amide bonds. The van der Waals surface area contributed by atoms with Gasteiger partial charge in [-0.15, -0.1) is 0 Å². The third-order valence-electron chi connectivity index (χ3n) is 2.82. The van der Waals surface area contributed by atoms with E-state index >= 15 is 0 Å². The first kappa shape index (κ1) is 16.2. The topological polar surface area (TPSA) is 72.2 Å². The normalized spacial score (nSPS) is 10.7. The van der Waals surface area contributed by atoms with Gasteiger partial charge < -0.3 is 5.32 Å².